The van der Waals surface area contributed by atoms with Crippen LogP contribution in [0.5, 0.6) is 0 Å². The van der Waals surface area contributed by atoms with E-state index >= 15 is 0 Å². The number of amides is 1. The van der Waals surface area contributed by atoms with Crippen LogP contribution in [-0.2, 0) is 28.8 Å². The lowest BCUT2D eigenvalue weighted by molar-refractivity contribution is -0.137. The molecule has 1 aromatic carbocycles. The molecule has 13 heteroatoms. The molecule has 0 saturated carbocycles. The molecule has 9 nitrogen and oxygen atoms in total. The third kappa shape index (κ3) is 5.33. The number of anilines is 3. The van der Waals surface area contributed by atoms with Gasteiger partial charge in [-0.05, 0) is 24.6 Å². The molecular formula is C20H23ClF3N5O4. The first-order chi connectivity index (χ1) is 15.5. The molecule has 1 saturated heterocycles. The van der Waals surface area contributed by atoms with Crippen molar-refractivity contribution in [2.24, 2.45) is 0 Å². The molecular weight excluding hydrogens is 467 g/mol. The molecule has 0 bridgehead atoms. The van der Waals surface area contributed by atoms with E-state index in [9.17, 15) is 27.6 Å². The number of nitrogens with zero attached hydrogens (tertiary/aromatic N) is 3. The summed E-state index contributed by atoms with van der Waals surface area (Å²) < 4.78 is 46.5. The number of ether oxygens (including phenoxy) is 1. The molecule has 2 aromatic rings. The number of morpholine rings is 1. The molecule has 0 aliphatic carbocycles. The lowest BCUT2D eigenvalue weighted by atomic mass is 10.2. The van der Waals surface area contributed by atoms with Gasteiger partial charge in [0.2, 0.25) is 5.91 Å². The summed E-state index contributed by atoms with van der Waals surface area (Å²) in [5.41, 5.74) is 3.40. The molecule has 0 spiro atoms. The summed E-state index contributed by atoms with van der Waals surface area (Å²) in [7, 11) is 0. The molecule has 3 N–H and O–H groups in total. The van der Waals surface area contributed by atoms with Crippen LogP contribution in [0.4, 0.5) is 30.4 Å². The number of nitrogen functional groups attached to an aromatic ring is 1. The van der Waals surface area contributed by atoms with E-state index < -0.39 is 40.5 Å². The van der Waals surface area contributed by atoms with Crippen molar-refractivity contribution in [3.8, 4) is 0 Å². The predicted molar refractivity (Wildman–Crippen MR) is 118 cm³/mol. The Morgan fingerprint density at radius 1 is 1.21 bits per heavy atom. The lowest BCUT2D eigenvalue weighted by Crippen LogP contribution is -2.48. The van der Waals surface area contributed by atoms with Crippen molar-refractivity contribution in [1.82, 2.24) is 9.13 Å². The fourth-order valence-electron chi connectivity index (χ4n) is 3.53. The van der Waals surface area contributed by atoms with Gasteiger partial charge in [-0.3, -0.25) is 14.2 Å². The zero-order valence-corrected chi connectivity index (χ0v) is 18.5. The van der Waals surface area contributed by atoms with E-state index in [0.29, 0.717) is 38.8 Å². The number of benzene rings is 1. The average molecular weight is 490 g/mol. The highest BCUT2D eigenvalue weighted by Gasteiger charge is 2.33. The lowest BCUT2D eigenvalue weighted by Gasteiger charge is -2.30. The van der Waals surface area contributed by atoms with Gasteiger partial charge in [-0.15, -0.1) is 0 Å². The quantitative estimate of drug-likeness (QED) is 0.643. The molecule has 0 unspecified atom stereocenters. The largest absolute Gasteiger partial charge is 0.417 e. The number of carbonyl (C=O) groups excluding carboxylic acids is 1. The van der Waals surface area contributed by atoms with Gasteiger partial charge in [-0.25, -0.2) is 9.36 Å². The topological polar surface area (TPSA) is 112 Å². The Labute approximate surface area is 191 Å². The summed E-state index contributed by atoms with van der Waals surface area (Å²) in [6.07, 6.45) is -4.17. The Kier molecular flexibility index (Phi) is 7.38. The summed E-state index contributed by atoms with van der Waals surface area (Å²) in [6.45, 7) is 2.82. The van der Waals surface area contributed by atoms with Crippen LogP contribution in [0.25, 0.3) is 0 Å². The first kappa shape index (κ1) is 24.6. The number of carbonyl (C=O) groups is 1. The molecule has 1 aromatic heterocycles. The van der Waals surface area contributed by atoms with Gasteiger partial charge in [0.25, 0.3) is 5.56 Å². The highest BCUT2D eigenvalue weighted by Crippen LogP contribution is 2.36. The number of hydrogen-bond acceptors (Lipinski definition) is 6. The van der Waals surface area contributed by atoms with Crippen LogP contribution in [0.1, 0.15) is 18.9 Å². The summed E-state index contributed by atoms with van der Waals surface area (Å²) in [5.74, 6) is -0.858. The molecule has 1 aliphatic rings. The molecule has 2 heterocycles. The number of nitrogens with one attached hydrogen (secondary N) is 1. The number of alkyl halides is 3. The summed E-state index contributed by atoms with van der Waals surface area (Å²) in [4.78, 5) is 40.3. The van der Waals surface area contributed by atoms with Gasteiger partial charge in [0.1, 0.15) is 18.1 Å². The summed E-state index contributed by atoms with van der Waals surface area (Å²) in [5, 5.41) is 1.76. The highest BCUT2D eigenvalue weighted by molar-refractivity contribution is 6.31. The number of halogens is 4. The van der Waals surface area contributed by atoms with E-state index in [-0.39, 0.29) is 23.7 Å². The highest BCUT2D eigenvalue weighted by atomic mass is 35.5. The van der Waals surface area contributed by atoms with E-state index in [0.717, 1.165) is 10.6 Å². The van der Waals surface area contributed by atoms with Gasteiger partial charge < -0.3 is 20.7 Å². The van der Waals surface area contributed by atoms with E-state index in [4.69, 9.17) is 22.1 Å². The van der Waals surface area contributed by atoms with Crippen LogP contribution < -0.4 is 27.2 Å². The fraction of sp³-hybridized carbons (Fsp3) is 0.450. The Bertz CT molecular complexity index is 1160. The van der Waals surface area contributed by atoms with Crippen LogP contribution >= 0.6 is 11.6 Å². The second-order valence-corrected chi connectivity index (χ2v) is 7.81. The first-order valence-electron chi connectivity index (χ1n) is 10.2. The second-order valence-electron chi connectivity index (χ2n) is 7.40. The minimum absolute atomic E-state index is 0.00192. The number of rotatable bonds is 6. The first-order valence-corrected chi connectivity index (χ1v) is 10.5. The van der Waals surface area contributed by atoms with Gasteiger partial charge >= 0.3 is 11.9 Å². The van der Waals surface area contributed by atoms with Gasteiger partial charge in [0.15, 0.2) is 0 Å². The van der Waals surface area contributed by atoms with Crippen molar-refractivity contribution in [3.05, 3.63) is 49.6 Å². The SMILES string of the molecule is CCCn1c(N)c(N2CCOCC2)c(=O)n(CC(=O)Nc2ccc(Cl)c(C(F)(F)F)c2)c1=O. The maximum atomic E-state index is 13.1. The van der Waals surface area contributed by atoms with Crippen LogP contribution in [0, 0.1) is 0 Å². The number of nitrogens with two attached hydrogens (primary N) is 1. The third-order valence-electron chi connectivity index (χ3n) is 5.07. The summed E-state index contributed by atoms with van der Waals surface area (Å²) in [6, 6.07) is 2.87. The van der Waals surface area contributed by atoms with Crippen molar-refractivity contribution in [2.75, 3.05) is 42.3 Å². The Morgan fingerprint density at radius 3 is 2.48 bits per heavy atom. The molecule has 0 atom stereocenters. The van der Waals surface area contributed by atoms with Gasteiger partial charge in [-0.2, -0.15) is 13.2 Å². The van der Waals surface area contributed by atoms with Gasteiger partial charge in [-0.1, -0.05) is 18.5 Å². The van der Waals surface area contributed by atoms with Gasteiger partial charge in [0.05, 0.1) is 23.8 Å². The minimum atomic E-state index is -4.72. The van der Waals surface area contributed by atoms with Crippen LogP contribution in [-0.4, -0.2) is 41.3 Å². The molecule has 1 fully saturated rings. The predicted octanol–water partition coefficient (Wildman–Crippen LogP) is 2.15. The molecule has 180 valence electrons. The van der Waals surface area contributed by atoms with Crippen molar-refractivity contribution in [2.45, 2.75) is 32.6 Å². The Balaban J connectivity index is 1.96. The van der Waals surface area contributed by atoms with E-state index in [1.54, 1.807) is 4.90 Å². The van der Waals surface area contributed by atoms with E-state index in [1.165, 1.54) is 10.6 Å². The number of aromatic nitrogens is 2. The minimum Gasteiger partial charge on any atom is -0.383 e. The third-order valence-corrected chi connectivity index (χ3v) is 5.40. The zero-order valence-electron chi connectivity index (χ0n) is 17.7. The van der Waals surface area contributed by atoms with Crippen LogP contribution in [0.3, 0.4) is 0 Å². The van der Waals surface area contributed by atoms with Crippen LogP contribution in [0.15, 0.2) is 27.8 Å². The Morgan fingerprint density at radius 2 is 1.88 bits per heavy atom. The number of hydrogen-bond donors (Lipinski definition) is 2. The molecule has 1 aliphatic heterocycles. The second kappa shape index (κ2) is 9.87. The molecule has 33 heavy (non-hydrogen) atoms. The normalized spacial score (nSPS) is 14.4. The average Bonchev–Trinajstić information content (AvgIpc) is 2.75. The zero-order chi connectivity index (χ0) is 24.3. The van der Waals surface area contributed by atoms with E-state index in [1.807, 2.05) is 6.92 Å². The van der Waals surface area contributed by atoms with Crippen molar-refractivity contribution < 1.29 is 22.7 Å². The fourth-order valence-corrected chi connectivity index (χ4v) is 3.75. The van der Waals surface area contributed by atoms with Gasteiger partial charge in [0, 0.05) is 25.3 Å². The van der Waals surface area contributed by atoms with Crippen molar-refractivity contribution >= 4 is 34.7 Å². The van der Waals surface area contributed by atoms with E-state index in [2.05, 4.69) is 5.32 Å². The molecule has 3 rings (SSSR count). The van der Waals surface area contributed by atoms with Crippen molar-refractivity contribution in [1.29, 1.82) is 0 Å². The maximum Gasteiger partial charge on any atom is 0.417 e. The molecule has 1 amide bonds. The Hall–Kier alpha value is -2.99. The summed E-state index contributed by atoms with van der Waals surface area (Å²) >= 11 is 5.59. The monoisotopic (exact) mass is 489 g/mol. The maximum absolute atomic E-state index is 13.1. The molecule has 0 radical (unpaired) electrons. The van der Waals surface area contributed by atoms with Crippen LogP contribution in [0.2, 0.25) is 5.02 Å². The standard InChI is InChI=1S/C20H23ClF3N5O4/c1-2-5-28-17(25)16(27-6-8-33-9-7-27)18(31)29(19(28)32)11-15(30)26-12-3-4-14(21)13(10-12)20(22,23)24/h3-4,10H,2,5-9,11,25H2,1H3,(H,26,30). The van der Waals surface area contributed by atoms with Crippen molar-refractivity contribution in [3.63, 3.8) is 0 Å². The smallest absolute Gasteiger partial charge is 0.383 e.